The van der Waals surface area contributed by atoms with Crippen molar-refractivity contribution in [3.8, 4) is 0 Å². The first-order chi connectivity index (χ1) is 8.08. The summed E-state index contributed by atoms with van der Waals surface area (Å²) in [6, 6.07) is 3.77. The van der Waals surface area contributed by atoms with E-state index in [2.05, 4.69) is 6.92 Å². The van der Waals surface area contributed by atoms with Crippen molar-refractivity contribution < 1.29 is 9.31 Å². The van der Waals surface area contributed by atoms with E-state index in [1.807, 2.05) is 4.90 Å². The Balaban J connectivity index is 2.28. The summed E-state index contributed by atoms with van der Waals surface area (Å²) >= 11 is 0. The van der Waals surface area contributed by atoms with Crippen LogP contribution in [-0.2, 0) is 0 Å². The second-order valence-electron chi connectivity index (χ2n) is 4.56. The number of nitro groups is 1. The average Bonchev–Trinajstić information content (AvgIpc) is 2.30. The highest BCUT2D eigenvalue weighted by Crippen LogP contribution is 2.31. The maximum atomic E-state index is 13.0. The van der Waals surface area contributed by atoms with Gasteiger partial charge < -0.3 is 4.90 Å². The molecule has 5 heteroatoms. The van der Waals surface area contributed by atoms with Gasteiger partial charge >= 0.3 is 0 Å². The van der Waals surface area contributed by atoms with Crippen LogP contribution in [0.1, 0.15) is 19.8 Å². The number of piperidine rings is 1. The van der Waals surface area contributed by atoms with Crippen molar-refractivity contribution in [1.29, 1.82) is 0 Å². The zero-order valence-corrected chi connectivity index (χ0v) is 9.73. The fraction of sp³-hybridized carbons (Fsp3) is 0.500. The zero-order valence-electron chi connectivity index (χ0n) is 9.73. The standard InChI is InChI=1S/C12H15FN2O2/c1-9-4-6-14(7-5-9)11-3-2-10(13)8-12(11)15(16)17/h2-3,8-9H,4-7H2,1H3. The predicted molar refractivity (Wildman–Crippen MR) is 63.7 cm³/mol. The van der Waals surface area contributed by atoms with E-state index in [4.69, 9.17) is 0 Å². The van der Waals surface area contributed by atoms with Gasteiger partial charge in [-0.2, -0.15) is 0 Å². The molecule has 0 aromatic heterocycles. The molecule has 0 unspecified atom stereocenters. The second kappa shape index (κ2) is 4.69. The highest BCUT2D eigenvalue weighted by Gasteiger charge is 2.23. The number of halogens is 1. The third-order valence-corrected chi connectivity index (χ3v) is 3.26. The van der Waals surface area contributed by atoms with Gasteiger partial charge in [-0.05, 0) is 30.9 Å². The smallest absolute Gasteiger partial charge is 0.295 e. The van der Waals surface area contributed by atoms with Crippen LogP contribution in [-0.4, -0.2) is 18.0 Å². The Morgan fingerprint density at radius 2 is 2.06 bits per heavy atom. The minimum absolute atomic E-state index is 0.139. The van der Waals surface area contributed by atoms with Crippen LogP contribution in [0.15, 0.2) is 18.2 Å². The van der Waals surface area contributed by atoms with Gasteiger partial charge in [-0.15, -0.1) is 0 Å². The molecule has 92 valence electrons. The summed E-state index contributed by atoms with van der Waals surface area (Å²) in [7, 11) is 0. The molecule has 0 bridgehead atoms. The molecule has 2 rings (SSSR count). The predicted octanol–water partition coefficient (Wildman–Crippen LogP) is 2.97. The number of anilines is 1. The summed E-state index contributed by atoms with van der Waals surface area (Å²) in [5.41, 5.74) is 0.392. The third-order valence-electron chi connectivity index (χ3n) is 3.26. The molecule has 1 aromatic rings. The lowest BCUT2D eigenvalue weighted by molar-refractivity contribution is -0.384. The van der Waals surface area contributed by atoms with Crippen molar-refractivity contribution in [2.45, 2.75) is 19.8 Å². The van der Waals surface area contributed by atoms with E-state index in [9.17, 15) is 14.5 Å². The van der Waals surface area contributed by atoms with Gasteiger partial charge in [0.15, 0.2) is 0 Å². The highest BCUT2D eigenvalue weighted by atomic mass is 19.1. The van der Waals surface area contributed by atoms with E-state index >= 15 is 0 Å². The Hall–Kier alpha value is -1.65. The van der Waals surface area contributed by atoms with E-state index in [-0.39, 0.29) is 5.69 Å². The van der Waals surface area contributed by atoms with Crippen LogP contribution in [0.4, 0.5) is 15.8 Å². The van der Waals surface area contributed by atoms with Crippen LogP contribution in [0, 0.1) is 21.8 Å². The number of rotatable bonds is 2. The number of hydrogen-bond acceptors (Lipinski definition) is 3. The highest BCUT2D eigenvalue weighted by molar-refractivity contribution is 5.63. The molecule has 1 saturated heterocycles. The lowest BCUT2D eigenvalue weighted by atomic mass is 9.98. The van der Waals surface area contributed by atoms with Crippen LogP contribution < -0.4 is 4.90 Å². The molecule has 1 aliphatic heterocycles. The van der Waals surface area contributed by atoms with Gasteiger partial charge in [0.25, 0.3) is 5.69 Å². The van der Waals surface area contributed by atoms with Crippen LogP contribution in [0.2, 0.25) is 0 Å². The number of nitrogens with zero attached hydrogens (tertiary/aromatic N) is 2. The first-order valence-electron chi connectivity index (χ1n) is 5.77. The van der Waals surface area contributed by atoms with Gasteiger partial charge in [-0.3, -0.25) is 10.1 Å². The average molecular weight is 238 g/mol. The lowest BCUT2D eigenvalue weighted by Gasteiger charge is -2.31. The Kier molecular flexibility index (Phi) is 3.26. The van der Waals surface area contributed by atoms with Crippen molar-refractivity contribution >= 4 is 11.4 Å². The van der Waals surface area contributed by atoms with E-state index in [1.54, 1.807) is 0 Å². The minimum Gasteiger partial charge on any atom is -0.366 e. The molecular weight excluding hydrogens is 223 g/mol. The summed E-state index contributed by atoms with van der Waals surface area (Å²) in [5.74, 6) is 0.0941. The van der Waals surface area contributed by atoms with Gasteiger partial charge in [0, 0.05) is 13.1 Å². The van der Waals surface area contributed by atoms with Gasteiger partial charge in [-0.25, -0.2) is 4.39 Å². The molecule has 0 saturated carbocycles. The van der Waals surface area contributed by atoms with Crippen molar-refractivity contribution in [2.75, 3.05) is 18.0 Å². The molecule has 1 aromatic carbocycles. The molecule has 1 heterocycles. The first-order valence-corrected chi connectivity index (χ1v) is 5.77. The van der Waals surface area contributed by atoms with Gasteiger partial charge in [-0.1, -0.05) is 6.92 Å². The zero-order chi connectivity index (χ0) is 12.4. The van der Waals surface area contributed by atoms with Crippen LogP contribution in [0.3, 0.4) is 0 Å². The van der Waals surface area contributed by atoms with Crippen LogP contribution in [0.25, 0.3) is 0 Å². The summed E-state index contributed by atoms with van der Waals surface area (Å²) in [6.07, 6.45) is 2.04. The molecule has 0 amide bonds. The second-order valence-corrected chi connectivity index (χ2v) is 4.56. The quantitative estimate of drug-likeness (QED) is 0.587. The topological polar surface area (TPSA) is 46.4 Å². The molecule has 0 atom stereocenters. The molecule has 4 nitrogen and oxygen atoms in total. The summed E-state index contributed by atoms with van der Waals surface area (Å²) in [4.78, 5) is 12.3. The van der Waals surface area contributed by atoms with E-state index in [0.29, 0.717) is 11.6 Å². The first kappa shape index (κ1) is 11.8. The summed E-state index contributed by atoms with van der Waals surface area (Å²) in [5, 5.41) is 10.9. The minimum atomic E-state index is -0.564. The molecule has 1 aliphatic rings. The van der Waals surface area contributed by atoms with Crippen molar-refractivity contribution in [2.24, 2.45) is 5.92 Å². The monoisotopic (exact) mass is 238 g/mol. The fourth-order valence-corrected chi connectivity index (χ4v) is 2.16. The Morgan fingerprint density at radius 3 is 2.65 bits per heavy atom. The molecule has 0 spiro atoms. The third kappa shape index (κ3) is 2.54. The summed E-state index contributed by atoms with van der Waals surface area (Å²) in [6.45, 7) is 3.78. The summed E-state index contributed by atoms with van der Waals surface area (Å²) < 4.78 is 13.0. The Bertz CT molecular complexity index is 429. The molecule has 17 heavy (non-hydrogen) atoms. The van der Waals surface area contributed by atoms with E-state index in [1.165, 1.54) is 12.1 Å². The molecular formula is C12H15FN2O2. The molecule has 0 aliphatic carbocycles. The Morgan fingerprint density at radius 1 is 1.41 bits per heavy atom. The SMILES string of the molecule is CC1CCN(c2ccc(F)cc2[N+](=O)[O-])CC1. The van der Waals surface area contributed by atoms with Crippen LogP contribution in [0.5, 0.6) is 0 Å². The maximum absolute atomic E-state index is 13.0. The fourth-order valence-electron chi connectivity index (χ4n) is 2.16. The Labute approximate surface area is 99.2 Å². The van der Waals surface area contributed by atoms with Crippen molar-refractivity contribution in [3.05, 3.63) is 34.1 Å². The van der Waals surface area contributed by atoms with Crippen LogP contribution >= 0.6 is 0 Å². The van der Waals surface area contributed by atoms with Gasteiger partial charge in [0.05, 0.1) is 11.0 Å². The number of hydrogen-bond donors (Lipinski definition) is 0. The molecule has 1 fully saturated rings. The number of benzene rings is 1. The van der Waals surface area contributed by atoms with Gasteiger partial charge in [0.1, 0.15) is 11.5 Å². The van der Waals surface area contributed by atoms with E-state index in [0.717, 1.165) is 32.0 Å². The normalized spacial score (nSPS) is 17.2. The lowest BCUT2D eigenvalue weighted by Crippen LogP contribution is -2.33. The molecule has 0 N–H and O–H groups in total. The van der Waals surface area contributed by atoms with Crippen molar-refractivity contribution in [1.82, 2.24) is 0 Å². The van der Waals surface area contributed by atoms with Gasteiger partial charge in [0.2, 0.25) is 0 Å². The maximum Gasteiger partial charge on any atom is 0.295 e. The molecule has 0 radical (unpaired) electrons. The van der Waals surface area contributed by atoms with E-state index < -0.39 is 10.7 Å². The number of nitro benzene ring substituents is 1. The largest absolute Gasteiger partial charge is 0.366 e. The van der Waals surface area contributed by atoms with Crippen molar-refractivity contribution in [3.63, 3.8) is 0 Å².